The number of carbonyl (C=O) groups is 1. The van der Waals surface area contributed by atoms with Crippen LogP contribution >= 0.6 is 27.5 Å². The van der Waals surface area contributed by atoms with Crippen molar-refractivity contribution in [2.75, 3.05) is 19.6 Å². The highest BCUT2D eigenvalue weighted by molar-refractivity contribution is 9.10. The Balaban J connectivity index is 2.13. The van der Waals surface area contributed by atoms with Gasteiger partial charge >= 0.3 is 0 Å². The van der Waals surface area contributed by atoms with Gasteiger partial charge in [0.05, 0.1) is 5.02 Å². The predicted octanol–water partition coefficient (Wildman–Crippen LogP) is 3.16. The van der Waals surface area contributed by atoms with Gasteiger partial charge < -0.3 is 10.6 Å². The Morgan fingerprint density at radius 2 is 2.32 bits per heavy atom. The second-order valence-corrected chi connectivity index (χ2v) is 6.40. The van der Waals surface area contributed by atoms with E-state index < -0.39 is 0 Å². The lowest BCUT2D eigenvalue weighted by Gasteiger charge is -2.36. The standard InChI is InChI=1S/C14H18BrClN2O/c1-9-4-5-18(8-11(9)7-17)14(19)10-2-3-13(16)12(15)6-10/h2-3,6,9,11H,4-5,7-8,17H2,1H3. The second kappa shape index (κ2) is 6.25. The first kappa shape index (κ1) is 14.8. The highest BCUT2D eigenvalue weighted by Gasteiger charge is 2.28. The normalized spacial score (nSPS) is 23.5. The number of rotatable bonds is 2. The highest BCUT2D eigenvalue weighted by Crippen LogP contribution is 2.26. The van der Waals surface area contributed by atoms with Crippen LogP contribution in [0, 0.1) is 11.8 Å². The van der Waals surface area contributed by atoms with E-state index in [-0.39, 0.29) is 5.91 Å². The van der Waals surface area contributed by atoms with Crippen molar-refractivity contribution in [3.05, 3.63) is 33.3 Å². The first-order valence-electron chi connectivity index (χ1n) is 6.47. The molecule has 2 N–H and O–H groups in total. The van der Waals surface area contributed by atoms with Gasteiger partial charge in [-0.05, 0) is 58.9 Å². The summed E-state index contributed by atoms with van der Waals surface area (Å²) in [5.74, 6) is 1.04. The number of amides is 1. The third-order valence-electron chi connectivity index (χ3n) is 3.87. The van der Waals surface area contributed by atoms with Crippen molar-refractivity contribution < 1.29 is 4.79 Å². The van der Waals surface area contributed by atoms with Gasteiger partial charge in [-0.1, -0.05) is 18.5 Å². The fourth-order valence-electron chi connectivity index (χ4n) is 2.45. The van der Waals surface area contributed by atoms with Gasteiger partial charge in [-0.2, -0.15) is 0 Å². The van der Waals surface area contributed by atoms with Gasteiger partial charge in [0.25, 0.3) is 5.91 Å². The molecule has 0 bridgehead atoms. The second-order valence-electron chi connectivity index (χ2n) is 5.14. The summed E-state index contributed by atoms with van der Waals surface area (Å²) in [5, 5.41) is 0.614. The topological polar surface area (TPSA) is 46.3 Å². The molecule has 1 aliphatic heterocycles. The lowest BCUT2D eigenvalue weighted by Crippen LogP contribution is -2.45. The van der Waals surface area contributed by atoms with Crippen LogP contribution in [-0.4, -0.2) is 30.4 Å². The summed E-state index contributed by atoms with van der Waals surface area (Å²) < 4.78 is 0.751. The molecule has 1 aliphatic rings. The molecule has 5 heteroatoms. The molecule has 1 heterocycles. The first-order valence-corrected chi connectivity index (χ1v) is 7.64. The molecule has 19 heavy (non-hydrogen) atoms. The van der Waals surface area contributed by atoms with E-state index in [2.05, 4.69) is 22.9 Å². The van der Waals surface area contributed by atoms with Crippen LogP contribution in [0.4, 0.5) is 0 Å². The first-order chi connectivity index (χ1) is 9.02. The van der Waals surface area contributed by atoms with Gasteiger partial charge in [0.2, 0.25) is 0 Å². The zero-order valence-electron chi connectivity index (χ0n) is 10.9. The molecule has 1 aromatic rings. The molecule has 2 rings (SSSR count). The van der Waals surface area contributed by atoms with Gasteiger partial charge in [0.1, 0.15) is 0 Å². The molecule has 2 atom stereocenters. The Kier molecular flexibility index (Phi) is 4.87. The van der Waals surface area contributed by atoms with E-state index >= 15 is 0 Å². The van der Waals surface area contributed by atoms with E-state index in [0.717, 1.165) is 24.0 Å². The zero-order chi connectivity index (χ0) is 14.0. The van der Waals surface area contributed by atoms with Gasteiger partial charge in [-0.25, -0.2) is 0 Å². The van der Waals surface area contributed by atoms with Crippen LogP contribution in [0.1, 0.15) is 23.7 Å². The van der Waals surface area contributed by atoms with E-state index in [1.807, 2.05) is 4.90 Å². The molecule has 2 unspecified atom stereocenters. The summed E-state index contributed by atoms with van der Waals surface area (Å²) in [6, 6.07) is 5.29. The monoisotopic (exact) mass is 344 g/mol. The number of likely N-dealkylation sites (tertiary alicyclic amines) is 1. The van der Waals surface area contributed by atoms with Gasteiger partial charge in [0.15, 0.2) is 0 Å². The number of piperidine rings is 1. The van der Waals surface area contributed by atoms with E-state index in [0.29, 0.717) is 29.0 Å². The molecule has 104 valence electrons. The fourth-order valence-corrected chi connectivity index (χ4v) is 2.95. The fraction of sp³-hybridized carbons (Fsp3) is 0.500. The van der Waals surface area contributed by atoms with Gasteiger partial charge in [-0.3, -0.25) is 4.79 Å². The smallest absolute Gasteiger partial charge is 0.253 e. The van der Waals surface area contributed by atoms with Crippen molar-refractivity contribution in [3.63, 3.8) is 0 Å². The van der Waals surface area contributed by atoms with Gasteiger partial charge in [0, 0.05) is 23.1 Å². The molecule has 1 amide bonds. The summed E-state index contributed by atoms with van der Waals surface area (Å²) in [6.45, 7) is 4.39. The van der Waals surface area contributed by atoms with E-state index in [1.54, 1.807) is 18.2 Å². The summed E-state index contributed by atoms with van der Waals surface area (Å²) in [5.41, 5.74) is 6.44. The summed E-state index contributed by atoms with van der Waals surface area (Å²) >= 11 is 9.30. The van der Waals surface area contributed by atoms with E-state index in [4.69, 9.17) is 17.3 Å². The average Bonchev–Trinajstić information content (AvgIpc) is 2.41. The number of halogens is 2. The van der Waals surface area contributed by atoms with Crippen LogP contribution in [0.3, 0.4) is 0 Å². The molecule has 1 saturated heterocycles. The number of nitrogens with zero attached hydrogens (tertiary/aromatic N) is 1. The maximum Gasteiger partial charge on any atom is 0.253 e. The van der Waals surface area contributed by atoms with Crippen LogP contribution in [0.2, 0.25) is 5.02 Å². The number of hydrogen-bond donors (Lipinski definition) is 1. The largest absolute Gasteiger partial charge is 0.338 e. The molecule has 0 aromatic heterocycles. The molecule has 1 aromatic carbocycles. The zero-order valence-corrected chi connectivity index (χ0v) is 13.2. The molecule has 1 fully saturated rings. The third kappa shape index (κ3) is 3.30. The van der Waals surface area contributed by atoms with Crippen molar-refractivity contribution in [1.29, 1.82) is 0 Å². The third-order valence-corrected chi connectivity index (χ3v) is 5.08. The quantitative estimate of drug-likeness (QED) is 0.895. The lowest BCUT2D eigenvalue weighted by molar-refractivity contribution is 0.0618. The van der Waals surface area contributed by atoms with Crippen LogP contribution in [0.5, 0.6) is 0 Å². The summed E-state index contributed by atoms with van der Waals surface area (Å²) in [4.78, 5) is 14.3. The Morgan fingerprint density at radius 3 is 2.95 bits per heavy atom. The van der Waals surface area contributed by atoms with E-state index in [9.17, 15) is 4.79 Å². The summed E-state index contributed by atoms with van der Waals surface area (Å²) in [7, 11) is 0. The molecule has 0 aliphatic carbocycles. The summed E-state index contributed by atoms with van der Waals surface area (Å²) in [6.07, 6.45) is 1.02. The molecule has 0 saturated carbocycles. The van der Waals surface area contributed by atoms with Crippen molar-refractivity contribution in [3.8, 4) is 0 Å². The molecular weight excluding hydrogens is 328 g/mol. The number of nitrogens with two attached hydrogens (primary N) is 1. The van der Waals surface area contributed by atoms with Crippen LogP contribution < -0.4 is 5.73 Å². The van der Waals surface area contributed by atoms with Crippen LogP contribution in [0.25, 0.3) is 0 Å². The Morgan fingerprint density at radius 1 is 1.58 bits per heavy atom. The number of carbonyl (C=O) groups excluding carboxylic acids is 1. The van der Waals surface area contributed by atoms with Crippen molar-refractivity contribution in [1.82, 2.24) is 4.90 Å². The van der Waals surface area contributed by atoms with Crippen molar-refractivity contribution in [2.45, 2.75) is 13.3 Å². The Bertz CT molecular complexity index is 481. The molecular formula is C14H18BrClN2O. The Labute approximate surface area is 127 Å². The lowest BCUT2D eigenvalue weighted by atomic mass is 9.87. The minimum Gasteiger partial charge on any atom is -0.338 e. The Hall–Kier alpha value is -0.580. The van der Waals surface area contributed by atoms with Crippen molar-refractivity contribution >= 4 is 33.4 Å². The molecule has 3 nitrogen and oxygen atoms in total. The SMILES string of the molecule is CC1CCN(C(=O)c2ccc(Cl)c(Br)c2)CC1CN. The minimum atomic E-state index is 0.0581. The average molecular weight is 346 g/mol. The highest BCUT2D eigenvalue weighted by atomic mass is 79.9. The van der Waals surface area contributed by atoms with E-state index in [1.165, 1.54) is 0 Å². The maximum atomic E-state index is 12.5. The molecule has 0 radical (unpaired) electrons. The van der Waals surface area contributed by atoms with Crippen molar-refractivity contribution in [2.24, 2.45) is 17.6 Å². The van der Waals surface area contributed by atoms with Gasteiger partial charge in [-0.15, -0.1) is 0 Å². The maximum absolute atomic E-state index is 12.5. The predicted molar refractivity (Wildman–Crippen MR) is 81.4 cm³/mol. The molecule has 0 spiro atoms. The van der Waals surface area contributed by atoms with Crippen LogP contribution in [0.15, 0.2) is 22.7 Å². The number of benzene rings is 1. The van der Waals surface area contributed by atoms with Crippen LogP contribution in [-0.2, 0) is 0 Å². The minimum absolute atomic E-state index is 0.0581. The number of hydrogen-bond acceptors (Lipinski definition) is 2.